The SMILES string of the molecule is Cn1ccc2ccc(OCC3CCNC3)cc21. The van der Waals surface area contributed by atoms with Crippen LogP contribution in [0.15, 0.2) is 30.5 Å². The zero-order valence-electron chi connectivity index (χ0n) is 10.1. The second kappa shape index (κ2) is 4.41. The van der Waals surface area contributed by atoms with Gasteiger partial charge >= 0.3 is 0 Å². The Hall–Kier alpha value is -1.48. The highest BCUT2D eigenvalue weighted by atomic mass is 16.5. The van der Waals surface area contributed by atoms with Gasteiger partial charge in [0.05, 0.1) is 12.1 Å². The van der Waals surface area contributed by atoms with Crippen LogP contribution < -0.4 is 10.1 Å². The van der Waals surface area contributed by atoms with Crippen LogP contribution in [0.1, 0.15) is 6.42 Å². The van der Waals surface area contributed by atoms with Crippen LogP contribution in [0, 0.1) is 5.92 Å². The fourth-order valence-electron chi connectivity index (χ4n) is 2.40. The maximum atomic E-state index is 5.87. The van der Waals surface area contributed by atoms with Crippen molar-refractivity contribution in [2.45, 2.75) is 6.42 Å². The zero-order valence-corrected chi connectivity index (χ0v) is 10.1. The van der Waals surface area contributed by atoms with Crippen LogP contribution in [0.5, 0.6) is 5.75 Å². The quantitative estimate of drug-likeness (QED) is 0.874. The Morgan fingerprint density at radius 2 is 2.35 bits per heavy atom. The molecule has 0 spiro atoms. The van der Waals surface area contributed by atoms with E-state index in [-0.39, 0.29) is 0 Å². The van der Waals surface area contributed by atoms with E-state index in [4.69, 9.17) is 4.74 Å². The predicted octanol–water partition coefficient (Wildman–Crippen LogP) is 2.17. The Bertz CT molecular complexity index is 512. The fourth-order valence-corrected chi connectivity index (χ4v) is 2.40. The topological polar surface area (TPSA) is 26.2 Å². The number of nitrogens with one attached hydrogen (secondary N) is 1. The molecule has 2 heterocycles. The number of benzene rings is 1. The number of nitrogens with zero attached hydrogens (tertiary/aromatic N) is 1. The number of aromatic nitrogens is 1. The molecule has 3 rings (SSSR count). The number of hydrogen-bond donors (Lipinski definition) is 1. The third-order valence-electron chi connectivity index (χ3n) is 3.51. The van der Waals surface area contributed by atoms with E-state index in [1.54, 1.807) is 0 Å². The minimum atomic E-state index is 0.666. The van der Waals surface area contributed by atoms with E-state index < -0.39 is 0 Å². The molecule has 3 heteroatoms. The molecule has 0 aliphatic carbocycles. The summed E-state index contributed by atoms with van der Waals surface area (Å²) in [4.78, 5) is 0. The lowest BCUT2D eigenvalue weighted by molar-refractivity contribution is 0.260. The smallest absolute Gasteiger partial charge is 0.121 e. The summed E-state index contributed by atoms with van der Waals surface area (Å²) in [6.45, 7) is 3.04. The van der Waals surface area contributed by atoms with Crippen LogP contribution in [-0.4, -0.2) is 24.3 Å². The summed E-state index contributed by atoms with van der Waals surface area (Å²) >= 11 is 0. The lowest BCUT2D eigenvalue weighted by Gasteiger charge is -2.11. The Labute approximate surface area is 101 Å². The average Bonchev–Trinajstić information content (AvgIpc) is 2.97. The van der Waals surface area contributed by atoms with Crippen LogP contribution in [-0.2, 0) is 7.05 Å². The molecule has 1 fully saturated rings. The van der Waals surface area contributed by atoms with Crippen LogP contribution in [0.25, 0.3) is 10.9 Å². The predicted molar refractivity (Wildman–Crippen MR) is 69.4 cm³/mol. The second-order valence-corrected chi connectivity index (χ2v) is 4.82. The monoisotopic (exact) mass is 230 g/mol. The normalized spacial score (nSPS) is 19.9. The maximum Gasteiger partial charge on any atom is 0.121 e. The molecule has 1 unspecified atom stereocenters. The van der Waals surface area contributed by atoms with E-state index in [1.165, 1.54) is 17.3 Å². The highest BCUT2D eigenvalue weighted by Crippen LogP contribution is 2.22. The summed E-state index contributed by atoms with van der Waals surface area (Å²) in [5.41, 5.74) is 1.23. The van der Waals surface area contributed by atoms with E-state index in [1.807, 2.05) is 0 Å². The first kappa shape index (κ1) is 10.7. The molecule has 1 saturated heterocycles. The number of hydrogen-bond acceptors (Lipinski definition) is 2. The summed E-state index contributed by atoms with van der Waals surface area (Å²) in [7, 11) is 2.06. The van der Waals surface area contributed by atoms with Crippen LogP contribution >= 0.6 is 0 Å². The maximum absolute atomic E-state index is 5.87. The van der Waals surface area contributed by atoms with Crippen molar-refractivity contribution in [3.8, 4) is 5.75 Å². The molecular weight excluding hydrogens is 212 g/mol. The third-order valence-corrected chi connectivity index (χ3v) is 3.51. The molecule has 1 N–H and O–H groups in total. The highest BCUT2D eigenvalue weighted by molar-refractivity contribution is 5.81. The van der Waals surface area contributed by atoms with Crippen molar-refractivity contribution in [1.29, 1.82) is 0 Å². The molecule has 0 bridgehead atoms. The van der Waals surface area contributed by atoms with Gasteiger partial charge in [-0.05, 0) is 36.6 Å². The van der Waals surface area contributed by atoms with Crippen molar-refractivity contribution >= 4 is 10.9 Å². The summed E-state index contributed by atoms with van der Waals surface area (Å²) in [5, 5.41) is 4.63. The van der Waals surface area contributed by atoms with Crippen molar-refractivity contribution < 1.29 is 4.74 Å². The van der Waals surface area contributed by atoms with Crippen molar-refractivity contribution in [3.63, 3.8) is 0 Å². The first-order valence-electron chi connectivity index (χ1n) is 6.21. The largest absolute Gasteiger partial charge is 0.493 e. The Morgan fingerprint density at radius 3 is 3.18 bits per heavy atom. The molecule has 1 aromatic carbocycles. The van der Waals surface area contributed by atoms with Crippen molar-refractivity contribution in [2.24, 2.45) is 13.0 Å². The molecular formula is C14H18N2O. The van der Waals surface area contributed by atoms with Gasteiger partial charge in [0.25, 0.3) is 0 Å². The van der Waals surface area contributed by atoms with Gasteiger partial charge in [0, 0.05) is 31.8 Å². The Balaban J connectivity index is 1.73. The lowest BCUT2D eigenvalue weighted by Crippen LogP contribution is -2.15. The molecule has 1 aromatic heterocycles. The molecule has 1 atom stereocenters. The van der Waals surface area contributed by atoms with Gasteiger partial charge in [-0.25, -0.2) is 0 Å². The molecule has 1 aliphatic rings. The van der Waals surface area contributed by atoms with Gasteiger partial charge < -0.3 is 14.6 Å². The number of ether oxygens (including phenoxy) is 1. The van der Waals surface area contributed by atoms with E-state index in [0.29, 0.717) is 5.92 Å². The van der Waals surface area contributed by atoms with Crippen LogP contribution in [0.3, 0.4) is 0 Å². The minimum Gasteiger partial charge on any atom is -0.493 e. The first-order valence-corrected chi connectivity index (χ1v) is 6.21. The van der Waals surface area contributed by atoms with E-state index in [0.717, 1.165) is 25.4 Å². The van der Waals surface area contributed by atoms with Crippen LogP contribution in [0.2, 0.25) is 0 Å². The van der Waals surface area contributed by atoms with Gasteiger partial charge in [0.2, 0.25) is 0 Å². The lowest BCUT2D eigenvalue weighted by atomic mass is 10.1. The molecule has 0 radical (unpaired) electrons. The van der Waals surface area contributed by atoms with Crippen LogP contribution in [0.4, 0.5) is 0 Å². The van der Waals surface area contributed by atoms with Crippen molar-refractivity contribution in [2.75, 3.05) is 19.7 Å². The Kier molecular flexibility index (Phi) is 2.77. The molecule has 90 valence electrons. The second-order valence-electron chi connectivity index (χ2n) is 4.82. The number of rotatable bonds is 3. The van der Waals surface area contributed by atoms with Gasteiger partial charge in [0.1, 0.15) is 5.75 Å². The summed E-state index contributed by atoms with van der Waals surface area (Å²) in [6, 6.07) is 8.43. The summed E-state index contributed by atoms with van der Waals surface area (Å²) in [5.74, 6) is 1.64. The van der Waals surface area contributed by atoms with Gasteiger partial charge in [-0.2, -0.15) is 0 Å². The fraction of sp³-hybridized carbons (Fsp3) is 0.429. The molecule has 3 nitrogen and oxygen atoms in total. The Morgan fingerprint density at radius 1 is 1.41 bits per heavy atom. The number of aryl methyl sites for hydroxylation is 1. The van der Waals surface area contributed by atoms with Gasteiger partial charge in [-0.3, -0.25) is 0 Å². The summed E-state index contributed by atoms with van der Waals surface area (Å²) in [6.07, 6.45) is 3.31. The standard InChI is InChI=1S/C14H18N2O/c1-16-7-5-12-2-3-13(8-14(12)16)17-10-11-4-6-15-9-11/h2-3,5,7-8,11,15H,4,6,9-10H2,1H3. The molecule has 0 saturated carbocycles. The van der Waals surface area contributed by atoms with E-state index in [9.17, 15) is 0 Å². The third kappa shape index (κ3) is 2.15. The number of fused-ring (bicyclic) bond motifs is 1. The van der Waals surface area contributed by atoms with Crippen molar-refractivity contribution in [1.82, 2.24) is 9.88 Å². The van der Waals surface area contributed by atoms with Gasteiger partial charge in [-0.15, -0.1) is 0 Å². The highest BCUT2D eigenvalue weighted by Gasteiger charge is 2.14. The summed E-state index contributed by atoms with van der Waals surface area (Å²) < 4.78 is 7.99. The van der Waals surface area contributed by atoms with E-state index in [2.05, 4.69) is 47.4 Å². The first-order chi connectivity index (χ1) is 8.33. The van der Waals surface area contributed by atoms with E-state index >= 15 is 0 Å². The molecule has 17 heavy (non-hydrogen) atoms. The molecule has 1 aliphatic heterocycles. The van der Waals surface area contributed by atoms with Gasteiger partial charge in [0.15, 0.2) is 0 Å². The van der Waals surface area contributed by atoms with Crippen molar-refractivity contribution in [3.05, 3.63) is 30.5 Å². The molecule has 2 aromatic rings. The average molecular weight is 230 g/mol. The van der Waals surface area contributed by atoms with Gasteiger partial charge in [-0.1, -0.05) is 0 Å². The minimum absolute atomic E-state index is 0.666. The zero-order chi connectivity index (χ0) is 11.7. The molecule has 0 amide bonds.